The maximum Gasteiger partial charge on any atom is 0.487 e. The molecule has 1 rings (SSSR count). The number of hydrazone groups is 1. The lowest BCUT2D eigenvalue weighted by atomic mass is 10.2. The average Bonchev–Trinajstić information content (AvgIpc) is 2.58. The number of halogens is 8. The molecule has 0 spiro atoms. The summed E-state index contributed by atoms with van der Waals surface area (Å²) in [6.45, 7) is 0.579. The van der Waals surface area contributed by atoms with Gasteiger partial charge < -0.3 is 0 Å². The topological polar surface area (TPSA) is 18.8 Å². The van der Waals surface area contributed by atoms with Gasteiger partial charge in [0.2, 0.25) is 0 Å². The molecule has 0 aliphatic carbocycles. The van der Waals surface area contributed by atoms with E-state index in [1.165, 1.54) is 0 Å². The smallest absolute Gasteiger partial charge is 0.266 e. The summed E-state index contributed by atoms with van der Waals surface area (Å²) in [4.78, 5) is -1.07. The van der Waals surface area contributed by atoms with Gasteiger partial charge in [-0.15, -0.1) is 13.2 Å². The summed E-state index contributed by atoms with van der Waals surface area (Å²) in [6.07, 6.45) is -14.8. The van der Waals surface area contributed by atoms with Crippen LogP contribution in [0.5, 0.6) is 0 Å². The summed E-state index contributed by atoms with van der Waals surface area (Å²) in [6, 6.07) is 0. The van der Waals surface area contributed by atoms with E-state index in [-0.39, 0.29) is 11.3 Å². The molecule has 0 bridgehead atoms. The van der Waals surface area contributed by atoms with Crippen molar-refractivity contribution in [2.75, 3.05) is 6.54 Å². The van der Waals surface area contributed by atoms with Gasteiger partial charge in [-0.25, -0.2) is 4.90 Å². The Hall–Kier alpha value is -1.29. The van der Waals surface area contributed by atoms with Gasteiger partial charge in [0.1, 0.15) is 6.34 Å². The molecule has 0 aromatic heterocycles. The normalized spacial score (nSPS) is 21.9. The molecule has 0 N–H and O–H groups in total. The molecule has 0 aromatic rings. The molecule has 0 saturated carbocycles. The fourth-order valence-electron chi connectivity index (χ4n) is 1.36. The van der Waals surface area contributed by atoms with Crippen LogP contribution in [0, 0.1) is 0 Å². The second-order valence-corrected chi connectivity index (χ2v) is 3.36. The molecule has 106 valence electrons. The zero-order chi connectivity index (χ0) is 14.4. The first-order valence-electron chi connectivity index (χ1n) is 4.53. The molecule has 1 aliphatic heterocycles. The third kappa shape index (κ3) is 2.29. The molecule has 0 aromatic carbocycles. The van der Waals surface area contributed by atoms with E-state index in [2.05, 4.69) is 5.10 Å². The number of rotatable bonds is 2. The van der Waals surface area contributed by atoms with Crippen molar-refractivity contribution in [1.29, 1.82) is 0 Å². The molecule has 1 heterocycles. The summed E-state index contributed by atoms with van der Waals surface area (Å²) in [5.41, 5.74) is 0. The molecule has 18 heavy (non-hydrogen) atoms. The Morgan fingerprint density at radius 3 is 1.89 bits per heavy atom. The van der Waals surface area contributed by atoms with Crippen LogP contribution in [0.25, 0.3) is 0 Å². The van der Waals surface area contributed by atoms with Crippen LogP contribution in [0.15, 0.2) is 5.10 Å². The van der Waals surface area contributed by atoms with Crippen molar-refractivity contribution in [2.24, 2.45) is 5.10 Å². The molecule has 0 fully saturated rings. The van der Waals surface area contributed by atoms with Crippen molar-refractivity contribution < 1.29 is 35.1 Å². The predicted octanol–water partition coefficient (Wildman–Crippen LogP) is 2.61. The Morgan fingerprint density at radius 1 is 1.06 bits per heavy atom. The van der Waals surface area contributed by atoms with E-state index in [0.29, 0.717) is 0 Å². The van der Waals surface area contributed by atoms with Gasteiger partial charge in [-0.05, 0) is 6.92 Å². The molecule has 0 saturated heterocycles. The summed E-state index contributed by atoms with van der Waals surface area (Å²) < 4.78 is 99.6. The predicted molar refractivity (Wildman–Crippen MR) is 43.6 cm³/mol. The van der Waals surface area contributed by atoms with E-state index in [9.17, 15) is 35.1 Å². The van der Waals surface area contributed by atoms with Crippen LogP contribution in [0.1, 0.15) is 6.92 Å². The van der Waals surface area contributed by atoms with Gasteiger partial charge in [0.25, 0.3) is 0 Å². The van der Waals surface area contributed by atoms with Gasteiger partial charge in [0.05, 0.1) is 0 Å². The highest BCUT2D eigenvalue weighted by Crippen LogP contribution is 2.44. The first kappa shape index (κ1) is 14.8. The minimum absolute atomic E-state index is 0.0288. The number of hydrogen-bond acceptors (Lipinski definition) is 3. The molecule has 1 unspecified atom stereocenters. The van der Waals surface area contributed by atoms with E-state index in [0.717, 1.165) is 6.92 Å². The maximum absolute atomic E-state index is 13.1. The van der Waals surface area contributed by atoms with Gasteiger partial charge in [-0.3, -0.25) is 5.01 Å². The molecule has 1 atom stereocenters. The Morgan fingerprint density at radius 2 is 1.56 bits per heavy atom. The van der Waals surface area contributed by atoms with E-state index in [1.807, 2.05) is 0 Å². The first-order valence-corrected chi connectivity index (χ1v) is 4.53. The standard InChI is InChI=1S/C7H7F8N3/c1-2-18-4(5(8,9)6(10,11)12)17(3-16-18)7(13,14)15/h3-4H,2H2,1H3. The van der Waals surface area contributed by atoms with Crippen molar-refractivity contribution in [3.8, 4) is 0 Å². The molecular weight excluding hydrogens is 278 g/mol. The number of alkyl halides is 8. The third-order valence-electron chi connectivity index (χ3n) is 2.19. The van der Waals surface area contributed by atoms with Crippen molar-refractivity contribution in [1.82, 2.24) is 9.91 Å². The fraction of sp³-hybridized carbons (Fsp3) is 0.857. The first-order chi connectivity index (χ1) is 7.93. The number of hydrogen-bond donors (Lipinski definition) is 0. The Balaban J connectivity index is 3.16. The Kier molecular flexibility index (Phi) is 3.38. The van der Waals surface area contributed by atoms with Crippen LogP contribution >= 0.6 is 0 Å². The van der Waals surface area contributed by atoms with Crippen LogP contribution in [0.4, 0.5) is 35.1 Å². The average molecular weight is 285 g/mol. The molecule has 11 heteroatoms. The van der Waals surface area contributed by atoms with Crippen LogP contribution in [0.3, 0.4) is 0 Å². The third-order valence-corrected chi connectivity index (χ3v) is 2.19. The lowest BCUT2D eigenvalue weighted by molar-refractivity contribution is -0.340. The monoisotopic (exact) mass is 285 g/mol. The van der Waals surface area contributed by atoms with Crippen molar-refractivity contribution in [2.45, 2.75) is 31.5 Å². The SMILES string of the molecule is CCN1N=CN(C(F)(F)F)C1C(F)(F)C(F)(F)F. The van der Waals surface area contributed by atoms with Gasteiger partial charge in [0.15, 0.2) is 6.17 Å². The van der Waals surface area contributed by atoms with Crippen LogP contribution in [0.2, 0.25) is 0 Å². The minimum atomic E-state index is -6.11. The summed E-state index contributed by atoms with van der Waals surface area (Å²) in [7, 11) is 0. The van der Waals surface area contributed by atoms with Crippen molar-refractivity contribution in [3.05, 3.63) is 0 Å². The Bertz CT molecular complexity index is 333. The van der Waals surface area contributed by atoms with Gasteiger partial charge in [0, 0.05) is 6.54 Å². The van der Waals surface area contributed by atoms with E-state index in [4.69, 9.17) is 0 Å². The van der Waals surface area contributed by atoms with Crippen molar-refractivity contribution in [3.63, 3.8) is 0 Å². The summed E-state index contributed by atoms with van der Waals surface area (Å²) >= 11 is 0. The van der Waals surface area contributed by atoms with Crippen LogP contribution < -0.4 is 0 Å². The summed E-state index contributed by atoms with van der Waals surface area (Å²) in [5, 5.41) is 2.93. The van der Waals surface area contributed by atoms with E-state index in [1.54, 1.807) is 0 Å². The largest absolute Gasteiger partial charge is 0.487 e. The highest BCUT2D eigenvalue weighted by atomic mass is 19.4. The lowest BCUT2D eigenvalue weighted by Crippen LogP contribution is -2.61. The molecule has 1 aliphatic rings. The lowest BCUT2D eigenvalue weighted by Gasteiger charge is -2.36. The number of nitrogens with zero attached hydrogens (tertiary/aromatic N) is 3. The fourth-order valence-corrected chi connectivity index (χ4v) is 1.36. The zero-order valence-electron chi connectivity index (χ0n) is 8.73. The summed E-state index contributed by atoms with van der Waals surface area (Å²) in [5.74, 6) is -5.57. The highest BCUT2D eigenvalue weighted by Gasteiger charge is 2.69. The quantitative estimate of drug-likeness (QED) is 0.573. The Labute approximate surface area is 95.6 Å². The van der Waals surface area contributed by atoms with Gasteiger partial charge in [-0.1, -0.05) is 0 Å². The second kappa shape index (κ2) is 4.12. The molecule has 3 nitrogen and oxygen atoms in total. The highest BCUT2D eigenvalue weighted by molar-refractivity contribution is 5.58. The zero-order valence-corrected chi connectivity index (χ0v) is 8.73. The molecule has 0 amide bonds. The molecule has 0 radical (unpaired) electrons. The van der Waals surface area contributed by atoms with E-state index < -0.39 is 36.0 Å². The van der Waals surface area contributed by atoms with Gasteiger partial charge >= 0.3 is 18.4 Å². The van der Waals surface area contributed by atoms with Crippen molar-refractivity contribution >= 4 is 6.34 Å². The van der Waals surface area contributed by atoms with Crippen LogP contribution in [-0.2, 0) is 0 Å². The maximum atomic E-state index is 13.1. The van der Waals surface area contributed by atoms with Crippen LogP contribution in [-0.4, -0.2) is 47.4 Å². The van der Waals surface area contributed by atoms with Gasteiger partial charge in [-0.2, -0.15) is 27.1 Å². The second-order valence-electron chi connectivity index (χ2n) is 3.36. The molecular formula is C7H7F8N3. The van der Waals surface area contributed by atoms with E-state index >= 15 is 0 Å². The minimum Gasteiger partial charge on any atom is -0.266 e.